The predicted molar refractivity (Wildman–Crippen MR) is 52.2 cm³/mol. The van der Waals surface area contributed by atoms with Crippen LogP contribution >= 0.6 is 0 Å². The Morgan fingerprint density at radius 1 is 1.62 bits per heavy atom. The zero-order chi connectivity index (χ0) is 12.3. The fourth-order valence-corrected chi connectivity index (χ4v) is 1.14. The molecule has 5 nitrogen and oxygen atoms in total. The van der Waals surface area contributed by atoms with Crippen LogP contribution in [0, 0.1) is 0 Å². The minimum Gasteiger partial charge on any atom is -0.469 e. The van der Waals surface area contributed by atoms with Gasteiger partial charge in [-0.25, -0.2) is 8.78 Å². The minimum absolute atomic E-state index is 0.0429. The molecule has 3 N–H and O–H groups in total. The molecule has 1 aromatic rings. The molecule has 7 heteroatoms. The number of aromatic amines is 1. The van der Waals surface area contributed by atoms with Gasteiger partial charge in [0.2, 0.25) is 5.43 Å². The maximum atomic E-state index is 12.4. The molecule has 0 amide bonds. The SMILES string of the molecule is COC(=O)Cc1cc(=O)c(N)c(C(F)F)[nH]1. The molecule has 0 aliphatic rings. The average Bonchev–Trinajstić information content (AvgIpc) is 2.22. The van der Waals surface area contributed by atoms with E-state index in [9.17, 15) is 18.4 Å². The number of carbonyl (C=O) groups is 1. The molecule has 0 saturated heterocycles. The molecule has 16 heavy (non-hydrogen) atoms. The molecule has 0 radical (unpaired) electrons. The van der Waals surface area contributed by atoms with Gasteiger partial charge in [-0.05, 0) is 0 Å². The summed E-state index contributed by atoms with van der Waals surface area (Å²) in [6, 6.07) is 0.998. The molecule has 1 aromatic heterocycles. The molecule has 0 unspecified atom stereocenters. The normalized spacial score (nSPS) is 10.5. The van der Waals surface area contributed by atoms with E-state index in [1.165, 1.54) is 0 Å². The van der Waals surface area contributed by atoms with Crippen LogP contribution in [0.1, 0.15) is 17.8 Å². The minimum atomic E-state index is -2.90. The van der Waals surface area contributed by atoms with Crippen molar-refractivity contribution < 1.29 is 18.3 Å². The number of pyridine rings is 1. The average molecular weight is 232 g/mol. The van der Waals surface area contributed by atoms with Gasteiger partial charge in [0.05, 0.1) is 13.5 Å². The van der Waals surface area contributed by atoms with Crippen LogP contribution in [0.15, 0.2) is 10.9 Å². The number of anilines is 1. The Hall–Kier alpha value is -1.92. The standard InChI is InChI=1S/C9H10F2N2O3/c1-16-6(15)3-4-2-5(14)7(12)8(13-4)9(10)11/h2,9H,3,12H2,1H3,(H,13,14). The van der Waals surface area contributed by atoms with Crippen LogP contribution in [0.3, 0.4) is 0 Å². The highest BCUT2D eigenvalue weighted by molar-refractivity contribution is 5.72. The van der Waals surface area contributed by atoms with Crippen molar-refractivity contribution in [1.82, 2.24) is 4.98 Å². The van der Waals surface area contributed by atoms with E-state index in [1.807, 2.05) is 0 Å². The van der Waals surface area contributed by atoms with E-state index in [0.717, 1.165) is 13.2 Å². The lowest BCUT2D eigenvalue weighted by Gasteiger charge is -2.07. The number of H-pyrrole nitrogens is 1. The van der Waals surface area contributed by atoms with E-state index in [1.54, 1.807) is 0 Å². The van der Waals surface area contributed by atoms with Crippen LogP contribution in [-0.4, -0.2) is 18.1 Å². The Kier molecular flexibility index (Phi) is 3.60. The van der Waals surface area contributed by atoms with Crippen molar-refractivity contribution in [3.8, 4) is 0 Å². The van der Waals surface area contributed by atoms with Crippen LogP contribution < -0.4 is 11.2 Å². The zero-order valence-corrected chi connectivity index (χ0v) is 8.42. The largest absolute Gasteiger partial charge is 0.469 e. The first-order valence-electron chi connectivity index (χ1n) is 4.32. The number of nitrogens with two attached hydrogens (primary N) is 1. The van der Waals surface area contributed by atoms with Gasteiger partial charge in [-0.1, -0.05) is 0 Å². The molecular formula is C9H10F2N2O3. The fraction of sp³-hybridized carbons (Fsp3) is 0.333. The van der Waals surface area contributed by atoms with E-state index in [2.05, 4.69) is 9.72 Å². The number of halogens is 2. The highest BCUT2D eigenvalue weighted by Gasteiger charge is 2.16. The van der Waals surface area contributed by atoms with E-state index in [0.29, 0.717) is 0 Å². The molecule has 1 heterocycles. The van der Waals surface area contributed by atoms with Gasteiger partial charge >= 0.3 is 5.97 Å². The van der Waals surface area contributed by atoms with Gasteiger partial charge in [-0.15, -0.1) is 0 Å². The quantitative estimate of drug-likeness (QED) is 0.747. The number of hydrogen-bond donors (Lipinski definition) is 2. The molecule has 0 atom stereocenters. The van der Waals surface area contributed by atoms with Crippen LogP contribution in [0.2, 0.25) is 0 Å². The zero-order valence-electron chi connectivity index (χ0n) is 8.42. The van der Waals surface area contributed by atoms with Crippen molar-refractivity contribution in [3.05, 3.63) is 27.7 Å². The van der Waals surface area contributed by atoms with Gasteiger partial charge in [0, 0.05) is 11.8 Å². The number of carbonyl (C=O) groups excluding carboxylic acids is 1. The summed E-state index contributed by atoms with van der Waals surface area (Å²) in [4.78, 5) is 24.3. The molecule has 0 fully saturated rings. The Labute approximate surface area is 89.2 Å². The summed E-state index contributed by atoms with van der Waals surface area (Å²) >= 11 is 0. The molecular weight excluding hydrogens is 222 g/mol. The fourth-order valence-electron chi connectivity index (χ4n) is 1.14. The highest BCUT2D eigenvalue weighted by Crippen LogP contribution is 2.20. The summed E-state index contributed by atoms with van der Waals surface area (Å²) in [6.45, 7) is 0. The lowest BCUT2D eigenvalue weighted by Crippen LogP contribution is -2.17. The lowest BCUT2D eigenvalue weighted by atomic mass is 10.2. The van der Waals surface area contributed by atoms with Gasteiger partial charge in [-0.3, -0.25) is 9.59 Å². The number of esters is 1. The van der Waals surface area contributed by atoms with Crippen molar-refractivity contribution in [2.24, 2.45) is 0 Å². The molecule has 1 rings (SSSR count). The summed E-state index contributed by atoms with van der Waals surface area (Å²) in [5.41, 5.74) is 3.26. The number of aromatic nitrogens is 1. The number of ether oxygens (including phenoxy) is 1. The second kappa shape index (κ2) is 4.73. The van der Waals surface area contributed by atoms with Crippen LogP contribution in [-0.2, 0) is 16.0 Å². The maximum absolute atomic E-state index is 12.4. The van der Waals surface area contributed by atoms with E-state index in [4.69, 9.17) is 5.73 Å². The summed E-state index contributed by atoms with van der Waals surface area (Å²) in [5, 5.41) is 0. The number of alkyl halides is 2. The number of hydrogen-bond acceptors (Lipinski definition) is 4. The molecule has 0 saturated carbocycles. The van der Waals surface area contributed by atoms with Crippen molar-refractivity contribution in [3.63, 3.8) is 0 Å². The van der Waals surface area contributed by atoms with Crippen molar-refractivity contribution >= 4 is 11.7 Å². The highest BCUT2D eigenvalue weighted by atomic mass is 19.3. The van der Waals surface area contributed by atoms with Gasteiger partial charge < -0.3 is 15.5 Å². The third kappa shape index (κ3) is 2.56. The predicted octanol–water partition coefficient (Wildman–Crippen LogP) is 0.610. The number of nitrogens with one attached hydrogen (secondary N) is 1. The Morgan fingerprint density at radius 2 is 2.25 bits per heavy atom. The lowest BCUT2D eigenvalue weighted by molar-refractivity contribution is -0.139. The number of nitrogen functional groups attached to an aromatic ring is 1. The van der Waals surface area contributed by atoms with Gasteiger partial charge in [0.1, 0.15) is 11.4 Å². The number of rotatable bonds is 3. The van der Waals surface area contributed by atoms with Gasteiger partial charge in [-0.2, -0.15) is 0 Å². The van der Waals surface area contributed by atoms with Crippen molar-refractivity contribution in [2.75, 3.05) is 12.8 Å². The Bertz CT molecular complexity index is 457. The second-order valence-corrected chi connectivity index (χ2v) is 3.04. The molecule has 0 aliphatic heterocycles. The second-order valence-electron chi connectivity index (χ2n) is 3.04. The molecule has 0 aliphatic carbocycles. The Morgan fingerprint density at radius 3 is 2.75 bits per heavy atom. The summed E-state index contributed by atoms with van der Waals surface area (Å²) < 4.78 is 29.2. The van der Waals surface area contributed by atoms with E-state index in [-0.39, 0.29) is 12.1 Å². The number of methoxy groups -OCH3 is 1. The first kappa shape index (κ1) is 12.2. The molecule has 0 bridgehead atoms. The van der Waals surface area contributed by atoms with E-state index < -0.39 is 29.2 Å². The summed E-state index contributed by atoms with van der Waals surface area (Å²) in [5.74, 6) is -0.638. The van der Waals surface area contributed by atoms with Crippen LogP contribution in [0.5, 0.6) is 0 Å². The maximum Gasteiger partial charge on any atom is 0.311 e. The molecule has 0 aromatic carbocycles. The smallest absolute Gasteiger partial charge is 0.311 e. The third-order valence-corrected chi connectivity index (χ3v) is 1.94. The van der Waals surface area contributed by atoms with Gasteiger partial charge in [0.15, 0.2) is 0 Å². The van der Waals surface area contributed by atoms with E-state index >= 15 is 0 Å². The van der Waals surface area contributed by atoms with Gasteiger partial charge in [0.25, 0.3) is 6.43 Å². The van der Waals surface area contributed by atoms with Crippen LogP contribution in [0.4, 0.5) is 14.5 Å². The third-order valence-electron chi connectivity index (χ3n) is 1.94. The van der Waals surface area contributed by atoms with Crippen molar-refractivity contribution in [1.29, 1.82) is 0 Å². The summed E-state index contributed by atoms with van der Waals surface area (Å²) in [6.07, 6.45) is -3.18. The van der Waals surface area contributed by atoms with Crippen molar-refractivity contribution in [2.45, 2.75) is 12.8 Å². The monoisotopic (exact) mass is 232 g/mol. The van der Waals surface area contributed by atoms with Crippen LogP contribution in [0.25, 0.3) is 0 Å². The Balaban J connectivity index is 3.14. The topological polar surface area (TPSA) is 85.2 Å². The molecule has 88 valence electrons. The summed E-state index contributed by atoms with van der Waals surface area (Å²) in [7, 11) is 1.16. The first-order chi connectivity index (χ1) is 7.45. The first-order valence-corrected chi connectivity index (χ1v) is 4.32. The molecule has 0 spiro atoms.